The zero-order valence-electron chi connectivity index (χ0n) is 4.93. The molecule has 1 rings (SSSR count). The third-order valence-electron chi connectivity index (χ3n) is 1.30. The average molecular weight is 227 g/mol. The second-order valence-electron chi connectivity index (χ2n) is 1.99. The SMILES string of the molecule is CN(I)C1CCCO1. The van der Waals surface area contributed by atoms with Crippen molar-refractivity contribution in [2.24, 2.45) is 0 Å². The smallest absolute Gasteiger partial charge is 0.118 e. The molecule has 1 atom stereocenters. The molecule has 0 aromatic rings. The van der Waals surface area contributed by atoms with Crippen LogP contribution in [0.15, 0.2) is 0 Å². The summed E-state index contributed by atoms with van der Waals surface area (Å²) in [6.45, 7) is 0.942. The molecule has 1 aliphatic heterocycles. The highest BCUT2D eigenvalue weighted by Gasteiger charge is 2.17. The van der Waals surface area contributed by atoms with E-state index >= 15 is 0 Å². The Labute approximate surface area is 63.7 Å². The van der Waals surface area contributed by atoms with Gasteiger partial charge in [0, 0.05) is 29.5 Å². The van der Waals surface area contributed by atoms with Gasteiger partial charge in [-0.25, -0.2) is 3.11 Å². The zero-order chi connectivity index (χ0) is 5.98. The van der Waals surface area contributed by atoms with Crippen molar-refractivity contribution in [3.8, 4) is 0 Å². The van der Waals surface area contributed by atoms with E-state index in [0.29, 0.717) is 6.23 Å². The molecule has 0 saturated carbocycles. The van der Waals surface area contributed by atoms with Crippen molar-refractivity contribution in [1.29, 1.82) is 0 Å². The van der Waals surface area contributed by atoms with Crippen molar-refractivity contribution in [2.75, 3.05) is 13.7 Å². The van der Waals surface area contributed by atoms with Crippen LogP contribution in [0.25, 0.3) is 0 Å². The normalized spacial score (nSPS) is 29.6. The first-order valence-corrected chi connectivity index (χ1v) is 3.77. The van der Waals surface area contributed by atoms with Crippen LogP contribution in [-0.4, -0.2) is 23.0 Å². The summed E-state index contributed by atoms with van der Waals surface area (Å²) in [5.41, 5.74) is 0. The van der Waals surface area contributed by atoms with Crippen molar-refractivity contribution < 1.29 is 4.74 Å². The van der Waals surface area contributed by atoms with E-state index in [1.165, 1.54) is 12.8 Å². The van der Waals surface area contributed by atoms with Gasteiger partial charge in [0.05, 0.1) is 0 Å². The van der Waals surface area contributed by atoms with Crippen molar-refractivity contribution >= 4 is 22.9 Å². The minimum atomic E-state index is 0.385. The van der Waals surface area contributed by atoms with Crippen LogP contribution in [-0.2, 0) is 4.74 Å². The molecule has 2 nitrogen and oxygen atoms in total. The largest absolute Gasteiger partial charge is 0.362 e. The fraction of sp³-hybridized carbons (Fsp3) is 1.00. The lowest BCUT2D eigenvalue weighted by molar-refractivity contribution is 0.0536. The van der Waals surface area contributed by atoms with E-state index in [1.807, 2.05) is 7.05 Å². The quantitative estimate of drug-likeness (QED) is 0.496. The number of hydrogen-bond acceptors (Lipinski definition) is 2. The van der Waals surface area contributed by atoms with E-state index in [4.69, 9.17) is 4.74 Å². The van der Waals surface area contributed by atoms with Gasteiger partial charge in [-0.2, -0.15) is 0 Å². The first-order chi connectivity index (χ1) is 3.80. The molecule has 0 radical (unpaired) electrons. The van der Waals surface area contributed by atoms with Gasteiger partial charge >= 0.3 is 0 Å². The van der Waals surface area contributed by atoms with Gasteiger partial charge in [-0.3, -0.25) is 0 Å². The van der Waals surface area contributed by atoms with Crippen LogP contribution in [0.2, 0.25) is 0 Å². The van der Waals surface area contributed by atoms with E-state index in [2.05, 4.69) is 26.0 Å². The Morgan fingerprint density at radius 3 is 2.75 bits per heavy atom. The first-order valence-electron chi connectivity index (χ1n) is 2.81. The molecule has 1 heterocycles. The fourth-order valence-corrected chi connectivity index (χ4v) is 1.28. The van der Waals surface area contributed by atoms with E-state index < -0.39 is 0 Å². The molecule has 0 amide bonds. The maximum atomic E-state index is 5.33. The third-order valence-corrected chi connectivity index (χ3v) is 1.92. The van der Waals surface area contributed by atoms with Gasteiger partial charge in [0.25, 0.3) is 0 Å². The standard InChI is InChI=1S/C5H10INO/c1-7(6)5-3-2-4-8-5/h5H,2-4H2,1H3. The molecule has 0 N–H and O–H groups in total. The van der Waals surface area contributed by atoms with Gasteiger partial charge < -0.3 is 4.74 Å². The molecule has 8 heavy (non-hydrogen) atoms. The van der Waals surface area contributed by atoms with Crippen molar-refractivity contribution in [3.63, 3.8) is 0 Å². The monoisotopic (exact) mass is 227 g/mol. The molecule has 0 spiro atoms. The van der Waals surface area contributed by atoms with Gasteiger partial charge in [-0.1, -0.05) is 0 Å². The summed E-state index contributed by atoms with van der Waals surface area (Å²) in [5.74, 6) is 0. The van der Waals surface area contributed by atoms with Crippen LogP contribution in [0.5, 0.6) is 0 Å². The number of halogens is 1. The summed E-state index contributed by atoms with van der Waals surface area (Å²) in [6, 6.07) is 0. The van der Waals surface area contributed by atoms with Gasteiger partial charge in [-0.05, 0) is 19.9 Å². The first kappa shape index (κ1) is 6.77. The predicted molar refractivity (Wildman–Crippen MR) is 40.8 cm³/mol. The topological polar surface area (TPSA) is 12.5 Å². The van der Waals surface area contributed by atoms with Crippen molar-refractivity contribution in [1.82, 2.24) is 3.11 Å². The molecule has 1 saturated heterocycles. The number of hydrogen-bond donors (Lipinski definition) is 0. The molecule has 0 aromatic carbocycles. The lowest BCUT2D eigenvalue weighted by Crippen LogP contribution is -2.20. The minimum absolute atomic E-state index is 0.385. The molecular formula is C5H10INO. The van der Waals surface area contributed by atoms with Crippen LogP contribution in [0.1, 0.15) is 12.8 Å². The zero-order valence-corrected chi connectivity index (χ0v) is 7.09. The highest BCUT2D eigenvalue weighted by atomic mass is 127. The summed E-state index contributed by atoms with van der Waals surface area (Å²) in [6.07, 6.45) is 2.80. The Kier molecular flexibility index (Phi) is 2.52. The maximum Gasteiger partial charge on any atom is 0.118 e. The molecular weight excluding hydrogens is 217 g/mol. The number of rotatable bonds is 1. The molecule has 1 unspecified atom stereocenters. The minimum Gasteiger partial charge on any atom is -0.362 e. The molecule has 1 fully saturated rings. The lowest BCUT2D eigenvalue weighted by atomic mass is 10.3. The van der Waals surface area contributed by atoms with E-state index in [9.17, 15) is 0 Å². The van der Waals surface area contributed by atoms with Crippen molar-refractivity contribution in [3.05, 3.63) is 0 Å². The fourth-order valence-electron chi connectivity index (χ4n) is 0.841. The van der Waals surface area contributed by atoms with Gasteiger partial charge in [0.2, 0.25) is 0 Å². The lowest BCUT2D eigenvalue weighted by Gasteiger charge is -2.14. The maximum absolute atomic E-state index is 5.33. The Balaban J connectivity index is 2.24. The predicted octanol–water partition coefficient (Wildman–Crippen LogP) is 1.40. The molecule has 0 aliphatic carbocycles. The molecule has 48 valence electrons. The molecule has 0 bridgehead atoms. The summed E-state index contributed by atoms with van der Waals surface area (Å²) in [5, 5.41) is 0. The van der Waals surface area contributed by atoms with Gasteiger partial charge in [0.15, 0.2) is 0 Å². The number of nitrogens with zero attached hydrogens (tertiary/aromatic N) is 1. The summed E-state index contributed by atoms with van der Waals surface area (Å²) < 4.78 is 7.42. The van der Waals surface area contributed by atoms with Crippen LogP contribution in [0.3, 0.4) is 0 Å². The molecule has 1 aliphatic rings. The van der Waals surface area contributed by atoms with Crippen LogP contribution in [0.4, 0.5) is 0 Å². The van der Waals surface area contributed by atoms with Crippen molar-refractivity contribution in [2.45, 2.75) is 19.1 Å². The Morgan fingerprint density at radius 2 is 2.50 bits per heavy atom. The summed E-state index contributed by atoms with van der Waals surface area (Å²) in [4.78, 5) is 0. The third kappa shape index (κ3) is 1.56. The highest BCUT2D eigenvalue weighted by molar-refractivity contribution is 14.1. The van der Waals surface area contributed by atoms with E-state index in [-0.39, 0.29) is 0 Å². The van der Waals surface area contributed by atoms with E-state index in [1.54, 1.807) is 0 Å². The van der Waals surface area contributed by atoms with E-state index in [0.717, 1.165) is 6.61 Å². The van der Waals surface area contributed by atoms with Gasteiger partial charge in [-0.15, -0.1) is 0 Å². The Morgan fingerprint density at radius 1 is 1.75 bits per heavy atom. The Bertz CT molecular complexity index is 70.8. The van der Waals surface area contributed by atoms with Crippen LogP contribution < -0.4 is 0 Å². The Hall–Kier alpha value is 0.650. The van der Waals surface area contributed by atoms with Gasteiger partial charge in [0.1, 0.15) is 6.23 Å². The van der Waals surface area contributed by atoms with Crippen LogP contribution in [0, 0.1) is 0 Å². The molecule has 0 aromatic heterocycles. The average Bonchev–Trinajstić information content (AvgIpc) is 2.12. The number of ether oxygens (including phenoxy) is 1. The summed E-state index contributed by atoms with van der Waals surface area (Å²) >= 11 is 2.25. The second kappa shape index (κ2) is 2.98. The van der Waals surface area contributed by atoms with Crippen LogP contribution >= 0.6 is 22.9 Å². The molecule has 3 heteroatoms. The highest BCUT2D eigenvalue weighted by Crippen LogP contribution is 2.17. The second-order valence-corrected chi connectivity index (χ2v) is 3.51. The summed E-state index contributed by atoms with van der Waals surface area (Å²) in [7, 11) is 2.04.